The summed E-state index contributed by atoms with van der Waals surface area (Å²) in [7, 11) is 0. The quantitative estimate of drug-likeness (QED) is 0.401. The lowest BCUT2D eigenvalue weighted by Gasteiger charge is -2.25. The molecule has 0 bridgehead atoms. The molecule has 34 heavy (non-hydrogen) atoms. The van der Waals surface area contributed by atoms with Crippen LogP contribution in [0.15, 0.2) is 18.5 Å². The number of aromatic nitrogens is 3. The number of nitrogens with zero attached hydrogens (tertiary/aromatic N) is 4. The summed E-state index contributed by atoms with van der Waals surface area (Å²) < 4.78 is 12.7. The third-order valence-electron chi connectivity index (χ3n) is 6.50. The number of nitrogens with one attached hydrogen (secondary N) is 1. The van der Waals surface area contributed by atoms with Gasteiger partial charge in [-0.2, -0.15) is 10.4 Å². The zero-order valence-corrected chi connectivity index (χ0v) is 19.3. The van der Waals surface area contributed by atoms with Crippen LogP contribution in [0.1, 0.15) is 64.0 Å². The van der Waals surface area contributed by atoms with Gasteiger partial charge in [0.25, 0.3) is 0 Å². The normalized spacial score (nSPS) is 24.5. The number of fused-ring (bicyclic) bond motifs is 1. The van der Waals surface area contributed by atoms with Gasteiger partial charge in [-0.05, 0) is 37.3 Å². The Morgan fingerprint density at radius 1 is 1.38 bits per heavy atom. The van der Waals surface area contributed by atoms with Gasteiger partial charge in [0.15, 0.2) is 5.82 Å². The summed E-state index contributed by atoms with van der Waals surface area (Å²) in [5, 5.41) is 27.8. The highest BCUT2D eigenvalue weighted by atomic mass is 16.6. The number of anilines is 1. The Morgan fingerprint density at radius 2 is 2.21 bits per heavy atom. The first-order chi connectivity index (χ1) is 16.5. The van der Waals surface area contributed by atoms with Crippen LogP contribution in [0.25, 0.3) is 5.52 Å². The van der Waals surface area contributed by atoms with E-state index in [1.165, 1.54) is 17.3 Å². The SMILES string of the molecule is CCCCCC(=O)Nc1ncnn2c([C@]3(C#N)O[C@@H](COC(=O)CC4CCC4)[CH][C@H]3O)ccc12. The van der Waals surface area contributed by atoms with E-state index < -0.39 is 17.8 Å². The van der Waals surface area contributed by atoms with Crippen LogP contribution < -0.4 is 5.32 Å². The van der Waals surface area contributed by atoms with Crippen molar-refractivity contribution in [3.8, 4) is 6.07 Å². The molecule has 2 aromatic rings. The van der Waals surface area contributed by atoms with Crippen LogP contribution in [0.5, 0.6) is 0 Å². The van der Waals surface area contributed by atoms with Crippen molar-refractivity contribution < 1.29 is 24.2 Å². The average molecular weight is 469 g/mol. The van der Waals surface area contributed by atoms with Crippen molar-refractivity contribution in [2.24, 2.45) is 5.92 Å². The van der Waals surface area contributed by atoms with Crippen molar-refractivity contribution in [1.29, 1.82) is 5.26 Å². The topological polar surface area (TPSA) is 139 Å². The number of hydrogen-bond acceptors (Lipinski definition) is 8. The van der Waals surface area contributed by atoms with E-state index in [9.17, 15) is 20.0 Å². The summed E-state index contributed by atoms with van der Waals surface area (Å²) in [6, 6.07) is 5.35. The van der Waals surface area contributed by atoms with Crippen molar-refractivity contribution >= 4 is 23.2 Å². The minimum Gasteiger partial charge on any atom is -0.463 e. The molecule has 2 aromatic heterocycles. The Balaban J connectivity index is 1.47. The molecule has 1 aliphatic carbocycles. The van der Waals surface area contributed by atoms with Gasteiger partial charge in [-0.3, -0.25) is 9.59 Å². The van der Waals surface area contributed by atoms with Gasteiger partial charge >= 0.3 is 5.97 Å². The first-order valence-electron chi connectivity index (χ1n) is 11.9. The fourth-order valence-electron chi connectivity index (χ4n) is 4.35. The molecular weight excluding hydrogens is 438 g/mol. The summed E-state index contributed by atoms with van der Waals surface area (Å²) in [6.45, 7) is 1.99. The molecule has 2 fully saturated rings. The van der Waals surface area contributed by atoms with Crippen molar-refractivity contribution in [2.45, 2.75) is 76.1 Å². The molecule has 2 N–H and O–H groups in total. The fourth-order valence-corrected chi connectivity index (χ4v) is 4.35. The molecule has 4 rings (SSSR count). The number of aliphatic hydroxyl groups is 1. The maximum Gasteiger partial charge on any atom is 0.306 e. The smallest absolute Gasteiger partial charge is 0.306 e. The first-order valence-corrected chi connectivity index (χ1v) is 11.9. The largest absolute Gasteiger partial charge is 0.463 e. The number of ether oxygens (including phenoxy) is 2. The molecule has 0 spiro atoms. The Hall–Kier alpha value is -3.03. The Kier molecular flexibility index (Phi) is 7.44. The van der Waals surface area contributed by atoms with Crippen LogP contribution in [0, 0.1) is 23.7 Å². The van der Waals surface area contributed by atoms with E-state index in [-0.39, 0.29) is 18.5 Å². The third kappa shape index (κ3) is 4.91. The summed E-state index contributed by atoms with van der Waals surface area (Å²) >= 11 is 0. The molecule has 2 aliphatic rings. The second-order valence-electron chi connectivity index (χ2n) is 8.95. The summed E-state index contributed by atoms with van der Waals surface area (Å²) in [6.07, 6.45) is 7.48. The Bertz CT molecular complexity index is 1080. The van der Waals surface area contributed by atoms with Gasteiger partial charge < -0.3 is 19.9 Å². The lowest BCUT2D eigenvalue weighted by atomic mass is 9.83. The van der Waals surface area contributed by atoms with E-state index >= 15 is 0 Å². The molecular formula is C24H30N5O5. The van der Waals surface area contributed by atoms with Crippen molar-refractivity contribution in [3.05, 3.63) is 30.6 Å². The van der Waals surface area contributed by atoms with E-state index in [2.05, 4.69) is 28.4 Å². The maximum absolute atomic E-state index is 12.3. The van der Waals surface area contributed by atoms with Gasteiger partial charge in [0, 0.05) is 19.3 Å². The zero-order valence-electron chi connectivity index (χ0n) is 19.3. The Labute approximate surface area is 198 Å². The summed E-state index contributed by atoms with van der Waals surface area (Å²) in [5.41, 5.74) is -0.975. The molecule has 0 aromatic carbocycles. The van der Waals surface area contributed by atoms with E-state index in [4.69, 9.17) is 9.47 Å². The van der Waals surface area contributed by atoms with Crippen LogP contribution in [0.2, 0.25) is 0 Å². The molecule has 1 amide bonds. The molecule has 10 nitrogen and oxygen atoms in total. The number of aliphatic hydroxyl groups excluding tert-OH is 1. The highest BCUT2D eigenvalue weighted by molar-refractivity contribution is 5.93. The lowest BCUT2D eigenvalue weighted by Crippen LogP contribution is -2.37. The van der Waals surface area contributed by atoms with Crippen LogP contribution in [0.4, 0.5) is 5.82 Å². The highest BCUT2D eigenvalue weighted by Gasteiger charge is 2.52. The van der Waals surface area contributed by atoms with Crippen LogP contribution in [-0.4, -0.2) is 50.4 Å². The number of amides is 1. The second kappa shape index (κ2) is 10.5. The number of esters is 1. The highest BCUT2D eigenvalue weighted by Crippen LogP contribution is 2.40. The molecule has 181 valence electrons. The van der Waals surface area contributed by atoms with Gasteiger partial charge in [-0.25, -0.2) is 9.50 Å². The Morgan fingerprint density at radius 3 is 2.91 bits per heavy atom. The average Bonchev–Trinajstić information content (AvgIpc) is 3.37. The number of carbonyl (C=O) groups is 2. The molecule has 3 atom stereocenters. The lowest BCUT2D eigenvalue weighted by molar-refractivity contribution is -0.150. The van der Waals surface area contributed by atoms with Gasteiger partial charge in [0.05, 0.1) is 5.69 Å². The summed E-state index contributed by atoms with van der Waals surface area (Å²) in [5.74, 6) is 0.249. The zero-order chi connectivity index (χ0) is 24.1. The molecule has 10 heteroatoms. The van der Waals surface area contributed by atoms with E-state index in [0.29, 0.717) is 35.8 Å². The maximum atomic E-state index is 12.3. The molecule has 1 radical (unpaired) electrons. The number of nitriles is 1. The van der Waals surface area contributed by atoms with Crippen LogP contribution in [-0.2, 0) is 24.7 Å². The van der Waals surface area contributed by atoms with Crippen molar-refractivity contribution in [2.75, 3.05) is 11.9 Å². The van der Waals surface area contributed by atoms with Gasteiger partial charge in [-0.15, -0.1) is 0 Å². The minimum atomic E-state index is -1.74. The number of unbranched alkanes of at least 4 members (excludes halogenated alkanes) is 2. The second-order valence-corrected chi connectivity index (χ2v) is 8.95. The number of rotatable bonds is 10. The van der Waals surface area contributed by atoms with E-state index in [1.807, 2.05) is 0 Å². The van der Waals surface area contributed by atoms with E-state index in [1.54, 1.807) is 12.1 Å². The predicted octanol–water partition coefficient (Wildman–Crippen LogP) is 2.66. The predicted molar refractivity (Wildman–Crippen MR) is 121 cm³/mol. The van der Waals surface area contributed by atoms with Crippen LogP contribution >= 0.6 is 0 Å². The number of carbonyl (C=O) groups excluding carboxylic acids is 2. The molecule has 1 saturated carbocycles. The standard InChI is InChI=1S/C24H30N5O5/c1-2-3-4-8-21(31)28-23-18-9-10-19(29(18)27-15-26-23)24(14-25)20(30)12-17(34-24)13-33-22(32)11-16-6-5-7-16/h9-10,12,15-17,20,30H,2-8,11,13H2,1H3,(H,26,27,28,31)/t17-,20-,24+/m1/s1. The van der Waals surface area contributed by atoms with E-state index in [0.717, 1.165) is 38.5 Å². The molecule has 1 aliphatic heterocycles. The minimum absolute atomic E-state index is 0.0800. The van der Waals surface area contributed by atoms with Crippen LogP contribution in [0.3, 0.4) is 0 Å². The van der Waals surface area contributed by atoms with Gasteiger partial charge in [0.2, 0.25) is 11.5 Å². The summed E-state index contributed by atoms with van der Waals surface area (Å²) in [4.78, 5) is 28.5. The number of hydrogen-bond donors (Lipinski definition) is 2. The third-order valence-corrected chi connectivity index (χ3v) is 6.50. The monoisotopic (exact) mass is 468 g/mol. The van der Waals surface area contributed by atoms with Crippen molar-refractivity contribution in [1.82, 2.24) is 14.6 Å². The molecule has 3 heterocycles. The van der Waals surface area contributed by atoms with Gasteiger partial charge in [0.1, 0.15) is 36.7 Å². The molecule has 1 saturated heterocycles. The fraction of sp³-hybridized carbons (Fsp3) is 0.583. The first kappa shape index (κ1) is 24.1. The molecule has 0 unspecified atom stereocenters. The van der Waals surface area contributed by atoms with Gasteiger partial charge in [-0.1, -0.05) is 26.2 Å². The van der Waals surface area contributed by atoms with Crippen molar-refractivity contribution in [3.63, 3.8) is 0 Å².